The summed E-state index contributed by atoms with van der Waals surface area (Å²) in [6.45, 7) is 5.77. The van der Waals surface area contributed by atoms with E-state index in [4.69, 9.17) is 9.52 Å². The zero-order valence-electron chi connectivity index (χ0n) is 15.7. The number of carbonyl (C=O) groups excluding carboxylic acids is 1. The molecule has 2 fully saturated rings. The zero-order chi connectivity index (χ0) is 19.8. The molecule has 0 radical (unpaired) electrons. The maximum atomic E-state index is 13.1. The highest BCUT2D eigenvalue weighted by Gasteiger charge is 2.44. The van der Waals surface area contributed by atoms with E-state index in [2.05, 4.69) is 13.8 Å². The topological polar surface area (TPSA) is 108 Å². The number of aromatic carboxylic acids is 1. The van der Waals surface area contributed by atoms with Gasteiger partial charge >= 0.3 is 5.97 Å². The van der Waals surface area contributed by atoms with E-state index in [0.29, 0.717) is 25.9 Å². The second kappa shape index (κ2) is 7.27. The molecule has 27 heavy (non-hydrogen) atoms. The smallest absolute Gasteiger partial charge is 0.371 e. The van der Waals surface area contributed by atoms with Crippen LogP contribution in [-0.2, 0) is 14.8 Å². The number of nitrogens with zero attached hydrogens (tertiary/aromatic N) is 2. The Morgan fingerprint density at radius 2 is 2.04 bits per heavy atom. The highest BCUT2D eigenvalue weighted by atomic mass is 32.2. The van der Waals surface area contributed by atoms with Crippen molar-refractivity contribution in [1.29, 1.82) is 0 Å². The van der Waals surface area contributed by atoms with Crippen molar-refractivity contribution in [3.05, 3.63) is 17.9 Å². The Kier molecular flexibility index (Phi) is 5.36. The third-order valence-corrected chi connectivity index (χ3v) is 7.57. The first-order chi connectivity index (χ1) is 12.7. The number of carboxylic acid groups (broad SMARTS) is 1. The van der Waals surface area contributed by atoms with Crippen molar-refractivity contribution >= 4 is 21.9 Å². The van der Waals surface area contributed by atoms with Gasteiger partial charge < -0.3 is 14.4 Å². The van der Waals surface area contributed by atoms with Crippen molar-refractivity contribution in [2.24, 2.45) is 5.41 Å². The van der Waals surface area contributed by atoms with Crippen LogP contribution in [0.3, 0.4) is 0 Å². The van der Waals surface area contributed by atoms with Gasteiger partial charge in [-0.2, -0.15) is 4.31 Å². The Bertz CT molecular complexity index is 833. The van der Waals surface area contributed by atoms with Gasteiger partial charge in [-0.25, -0.2) is 13.2 Å². The minimum atomic E-state index is -4.06. The average molecular weight is 398 g/mol. The van der Waals surface area contributed by atoms with Crippen molar-refractivity contribution in [2.45, 2.75) is 57.1 Å². The van der Waals surface area contributed by atoms with Crippen LogP contribution in [0, 0.1) is 5.41 Å². The highest BCUT2D eigenvalue weighted by molar-refractivity contribution is 7.89. The molecular formula is C18H26N2O6S. The molecule has 3 heterocycles. The summed E-state index contributed by atoms with van der Waals surface area (Å²) in [6, 6.07) is 1.49. The van der Waals surface area contributed by atoms with Crippen molar-refractivity contribution in [3.63, 3.8) is 0 Å². The van der Waals surface area contributed by atoms with Crippen LogP contribution in [0.4, 0.5) is 0 Å². The molecule has 0 saturated carbocycles. The van der Waals surface area contributed by atoms with E-state index >= 15 is 0 Å². The molecular weight excluding hydrogens is 372 g/mol. The van der Waals surface area contributed by atoms with Gasteiger partial charge in [-0.05, 0) is 49.7 Å². The lowest BCUT2D eigenvalue weighted by Gasteiger charge is -2.41. The number of piperidine rings is 1. The van der Waals surface area contributed by atoms with Crippen molar-refractivity contribution < 1.29 is 27.5 Å². The number of likely N-dealkylation sites (tertiary alicyclic amines) is 1. The minimum absolute atomic E-state index is 0.0631. The van der Waals surface area contributed by atoms with E-state index in [-0.39, 0.29) is 17.9 Å². The number of furan rings is 1. The number of sulfonamides is 1. The molecule has 150 valence electrons. The second-order valence-electron chi connectivity index (χ2n) is 7.73. The van der Waals surface area contributed by atoms with Crippen LogP contribution in [-0.4, -0.2) is 60.3 Å². The molecule has 2 unspecified atom stereocenters. The standard InChI is InChI=1S/C18H26N2O6S/c1-3-18(2)9-5-10-19(12-18)16(21)13-6-4-11-20(13)27(24,25)15-8-7-14(26-15)17(22)23/h7-8,13H,3-6,9-12H2,1-2H3,(H,22,23). The lowest BCUT2D eigenvalue weighted by Crippen LogP contribution is -2.52. The van der Waals surface area contributed by atoms with Crippen LogP contribution < -0.4 is 0 Å². The minimum Gasteiger partial charge on any atom is -0.475 e. The molecule has 2 aliphatic heterocycles. The molecule has 1 N–H and O–H groups in total. The van der Waals surface area contributed by atoms with Crippen LogP contribution in [0.15, 0.2) is 21.6 Å². The number of carboxylic acids is 1. The summed E-state index contributed by atoms with van der Waals surface area (Å²) < 4.78 is 32.0. The molecule has 3 rings (SSSR count). The molecule has 0 bridgehead atoms. The van der Waals surface area contributed by atoms with Crippen LogP contribution in [0.2, 0.25) is 0 Å². The molecule has 0 aliphatic carbocycles. The number of rotatable bonds is 5. The third kappa shape index (κ3) is 3.75. The van der Waals surface area contributed by atoms with Crippen LogP contribution in [0.1, 0.15) is 56.5 Å². The maximum absolute atomic E-state index is 13.1. The van der Waals surface area contributed by atoms with Crippen LogP contribution in [0.5, 0.6) is 0 Å². The molecule has 1 aromatic heterocycles. The van der Waals surface area contributed by atoms with Crippen molar-refractivity contribution in [2.75, 3.05) is 19.6 Å². The van der Waals surface area contributed by atoms with Gasteiger partial charge in [0.1, 0.15) is 6.04 Å². The van der Waals surface area contributed by atoms with E-state index in [1.165, 1.54) is 0 Å². The highest BCUT2D eigenvalue weighted by Crippen LogP contribution is 2.34. The van der Waals surface area contributed by atoms with Gasteiger partial charge in [-0.3, -0.25) is 4.79 Å². The van der Waals surface area contributed by atoms with Gasteiger partial charge in [-0.15, -0.1) is 0 Å². The Labute approximate surface area is 159 Å². The first-order valence-corrected chi connectivity index (χ1v) is 10.8. The Hall–Kier alpha value is -1.87. The van der Waals surface area contributed by atoms with Crippen LogP contribution >= 0.6 is 0 Å². The maximum Gasteiger partial charge on any atom is 0.371 e. The predicted octanol–water partition coefficient (Wildman–Crippen LogP) is 2.17. The fraction of sp³-hybridized carbons (Fsp3) is 0.667. The van der Waals surface area contributed by atoms with Gasteiger partial charge in [0.15, 0.2) is 0 Å². The summed E-state index contributed by atoms with van der Waals surface area (Å²) in [5.41, 5.74) is 0.0631. The number of amides is 1. The molecule has 2 atom stereocenters. The molecule has 1 aromatic rings. The summed E-state index contributed by atoms with van der Waals surface area (Å²) in [4.78, 5) is 25.9. The molecule has 2 saturated heterocycles. The predicted molar refractivity (Wildman–Crippen MR) is 96.8 cm³/mol. The van der Waals surface area contributed by atoms with E-state index in [1.807, 2.05) is 0 Å². The third-order valence-electron chi connectivity index (χ3n) is 5.79. The fourth-order valence-electron chi connectivity index (χ4n) is 3.97. The summed E-state index contributed by atoms with van der Waals surface area (Å²) >= 11 is 0. The van der Waals surface area contributed by atoms with E-state index in [9.17, 15) is 18.0 Å². The average Bonchev–Trinajstić information content (AvgIpc) is 3.31. The molecule has 2 aliphatic rings. The van der Waals surface area contributed by atoms with E-state index in [1.54, 1.807) is 4.90 Å². The number of carbonyl (C=O) groups is 2. The fourth-order valence-corrected chi connectivity index (χ4v) is 5.53. The molecule has 1 amide bonds. The molecule has 0 spiro atoms. The lowest BCUT2D eigenvalue weighted by molar-refractivity contribution is -0.138. The largest absolute Gasteiger partial charge is 0.475 e. The second-order valence-corrected chi connectivity index (χ2v) is 9.55. The van der Waals surface area contributed by atoms with Gasteiger partial charge in [0.05, 0.1) is 0 Å². The van der Waals surface area contributed by atoms with Gasteiger partial charge in [0.25, 0.3) is 10.0 Å². The summed E-state index contributed by atoms with van der Waals surface area (Å²) in [7, 11) is -4.06. The van der Waals surface area contributed by atoms with Gasteiger partial charge in [0.2, 0.25) is 16.8 Å². The number of hydrogen-bond acceptors (Lipinski definition) is 5. The Balaban J connectivity index is 1.81. The van der Waals surface area contributed by atoms with Crippen molar-refractivity contribution in [1.82, 2.24) is 9.21 Å². The summed E-state index contributed by atoms with van der Waals surface area (Å²) in [6.07, 6.45) is 3.98. The zero-order valence-corrected chi connectivity index (χ0v) is 16.5. The van der Waals surface area contributed by atoms with E-state index < -0.39 is 32.9 Å². The normalized spacial score (nSPS) is 27.0. The summed E-state index contributed by atoms with van der Waals surface area (Å²) in [5, 5.41) is 8.52. The number of hydrogen-bond donors (Lipinski definition) is 1. The lowest BCUT2D eigenvalue weighted by atomic mass is 9.79. The van der Waals surface area contributed by atoms with Gasteiger partial charge in [-0.1, -0.05) is 13.8 Å². The Morgan fingerprint density at radius 3 is 2.67 bits per heavy atom. The van der Waals surface area contributed by atoms with E-state index in [0.717, 1.165) is 35.7 Å². The first-order valence-electron chi connectivity index (χ1n) is 9.32. The van der Waals surface area contributed by atoms with Crippen molar-refractivity contribution in [3.8, 4) is 0 Å². The molecule has 0 aromatic carbocycles. The SMILES string of the molecule is CCC1(C)CCCN(C(=O)C2CCCN2S(=O)(=O)c2ccc(C(=O)O)o2)C1. The summed E-state index contributed by atoms with van der Waals surface area (Å²) in [5.74, 6) is -1.94. The molecule has 8 nitrogen and oxygen atoms in total. The van der Waals surface area contributed by atoms with Gasteiger partial charge in [0, 0.05) is 19.6 Å². The Morgan fingerprint density at radius 1 is 1.30 bits per heavy atom. The monoisotopic (exact) mass is 398 g/mol. The quantitative estimate of drug-likeness (QED) is 0.814. The first kappa shape index (κ1) is 19.9. The molecule has 9 heteroatoms. The van der Waals surface area contributed by atoms with Crippen LogP contribution in [0.25, 0.3) is 0 Å².